The Kier molecular flexibility index (Phi) is 6.51. The molecule has 0 aliphatic carbocycles. The molecule has 2 rings (SSSR count). The summed E-state index contributed by atoms with van der Waals surface area (Å²) in [7, 11) is 3.88. The molecule has 0 bridgehead atoms. The van der Waals surface area contributed by atoms with Gasteiger partial charge in [-0.15, -0.1) is 0 Å². The first-order valence-electron chi connectivity index (χ1n) is 8.27. The Balaban J connectivity index is 1.76. The summed E-state index contributed by atoms with van der Waals surface area (Å²) >= 11 is 0. The van der Waals surface area contributed by atoms with Crippen LogP contribution < -0.4 is 10.2 Å². The molecule has 25 heavy (non-hydrogen) atoms. The number of nitrogens with one attached hydrogen (secondary N) is 1. The molecule has 0 saturated heterocycles. The van der Waals surface area contributed by atoms with E-state index in [-0.39, 0.29) is 11.6 Å². The van der Waals surface area contributed by atoms with E-state index in [0.29, 0.717) is 6.42 Å². The van der Waals surface area contributed by atoms with E-state index in [0.717, 1.165) is 36.2 Å². The Morgan fingerprint density at radius 2 is 1.76 bits per heavy atom. The van der Waals surface area contributed by atoms with E-state index in [1.54, 1.807) is 12.1 Å². The number of nitro groups is 1. The first-order chi connectivity index (χ1) is 12.0. The van der Waals surface area contributed by atoms with Gasteiger partial charge in [0.05, 0.1) is 16.3 Å². The van der Waals surface area contributed by atoms with E-state index in [9.17, 15) is 14.9 Å². The summed E-state index contributed by atoms with van der Waals surface area (Å²) in [6, 6.07) is 14.3. The van der Waals surface area contributed by atoms with Crippen LogP contribution in [0.15, 0.2) is 48.5 Å². The number of unbranched alkanes of at least 4 members (excludes halogenated alkanes) is 1. The lowest BCUT2D eigenvalue weighted by Gasteiger charge is -2.17. The molecule has 0 fully saturated rings. The number of rotatable bonds is 8. The number of benzene rings is 2. The van der Waals surface area contributed by atoms with Gasteiger partial charge in [0.2, 0.25) is 5.91 Å². The van der Waals surface area contributed by atoms with Crippen molar-refractivity contribution in [1.29, 1.82) is 0 Å². The maximum atomic E-state index is 12.1. The molecule has 0 radical (unpaired) electrons. The number of aryl methyl sites for hydroxylation is 1. The largest absolute Gasteiger partial charge is 0.376 e. The topological polar surface area (TPSA) is 75.5 Å². The normalized spacial score (nSPS) is 10.3. The number of amides is 1. The Labute approximate surface area is 147 Å². The lowest BCUT2D eigenvalue weighted by molar-refractivity contribution is -0.384. The molecule has 6 nitrogen and oxygen atoms in total. The SMILES string of the molecule is CN(C)c1ccccc1NC(=O)CCCCc1ccc([N+](=O)[O-])cc1. The maximum absolute atomic E-state index is 12.1. The zero-order chi connectivity index (χ0) is 18.2. The monoisotopic (exact) mass is 341 g/mol. The molecule has 0 spiro atoms. The van der Waals surface area contributed by atoms with Gasteiger partial charge in [-0.2, -0.15) is 0 Å². The number of carbonyl (C=O) groups excluding carboxylic acids is 1. The summed E-state index contributed by atoms with van der Waals surface area (Å²) in [4.78, 5) is 24.3. The summed E-state index contributed by atoms with van der Waals surface area (Å²) in [5.41, 5.74) is 2.93. The van der Waals surface area contributed by atoms with E-state index in [1.165, 1.54) is 12.1 Å². The summed E-state index contributed by atoms with van der Waals surface area (Å²) in [5, 5.41) is 13.6. The molecule has 2 aromatic carbocycles. The number of nitrogens with zero attached hydrogens (tertiary/aromatic N) is 2. The molecule has 2 aromatic rings. The molecule has 0 atom stereocenters. The van der Waals surface area contributed by atoms with E-state index in [2.05, 4.69) is 5.32 Å². The molecular formula is C19H23N3O3. The highest BCUT2D eigenvalue weighted by Crippen LogP contribution is 2.23. The number of non-ortho nitro benzene ring substituents is 1. The second-order valence-corrected chi connectivity index (χ2v) is 6.09. The van der Waals surface area contributed by atoms with Gasteiger partial charge in [0.25, 0.3) is 5.69 Å². The predicted octanol–water partition coefficient (Wildman–Crippen LogP) is 4.01. The molecule has 0 aliphatic heterocycles. The molecule has 1 N–H and O–H groups in total. The van der Waals surface area contributed by atoms with Gasteiger partial charge in [-0.25, -0.2) is 0 Å². The number of para-hydroxylation sites is 2. The minimum absolute atomic E-state index is 0.00185. The van der Waals surface area contributed by atoms with Crippen molar-refractivity contribution in [2.45, 2.75) is 25.7 Å². The third kappa shape index (κ3) is 5.60. The van der Waals surface area contributed by atoms with Crippen molar-refractivity contribution in [2.75, 3.05) is 24.3 Å². The first-order valence-corrected chi connectivity index (χ1v) is 8.27. The fraction of sp³-hybridized carbons (Fsp3) is 0.316. The van der Waals surface area contributed by atoms with Gasteiger partial charge in [0, 0.05) is 32.6 Å². The summed E-state index contributed by atoms with van der Waals surface area (Å²) in [6.45, 7) is 0. The van der Waals surface area contributed by atoms with E-state index in [4.69, 9.17) is 0 Å². The van der Waals surface area contributed by atoms with Gasteiger partial charge < -0.3 is 10.2 Å². The third-order valence-electron chi connectivity index (χ3n) is 3.93. The van der Waals surface area contributed by atoms with Gasteiger partial charge in [-0.1, -0.05) is 24.3 Å². The van der Waals surface area contributed by atoms with E-state index >= 15 is 0 Å². The Morgan fingerprint density at radius 1 is 1.08 bits per heavy atom. The molecule has 0 aliphatic rings. The van der Waals surface area contributed by atoms with Crippen molar-refractivity contribution in [1.82, 2.24) is 0 Å². The van der Waals surface area contributed by atoms with E-state index < -0.39 is 4.92 Å². The lowest BCUT2D eigenvalue weighted by atomic mass is 10.1. The highest BCUT2D eigenvalue weighted by atomic mass is 16.6. The van der Waals surface area contributed by atoms with Crippen molar-refractivity contribution in [3.8, 4) is 0 Å². The standard InChI is InChI=1S/C19H23N3O3/c1-21(2)18-9-5-4-8-17(18)20-19(23)10-6-3-7-15-11-13-16(14-12-15)22(24)25/h4-5,8-9,11-14H,3,6-7,10H2,1-2H3,(H,20,23). The number of carbonyl (C=O) groups is 1. The zero-order valence-corrected chi connectivity index (χ0v) is 14.6. The van der Waals surface area contributed by atoms with Crippen LogP contribution in [-0.4, -0.2) is 24.9 Å². The molecule has 1 amide bonds. The van der Waals surface area contributed by atoms with Gasteiger partial charge >= 0.3 is 0 Å². The van der Waals surface area contributed by atoms with Gasteiger partial charge in [0.15, 0.2) is 0 Å². The van der Waals surface area contributed by atoms with Crippen molar-refractivity contribution in [3.63, 3.8) is 0 Å². The Hall–Kier alpha value is -2.89. The van der Waals surface area contributed by atoms with Crippen LogP contribution in [0.3, 0.4) is 0 Å². The molecule has 0 aromatic heterocycles. The Bertz CT molecular complexity index is 727. The second kappa shape index (κ2) is 8.82. The highest BCUT2D eigenvalue weighted by molar-refractivity contribution is 5.94. The fourth-order valence-corrected chi connectivity index (χ4v) is 2.58. The molecular weight excluding hydrogens is 318 g/mol. The van der Waals surface area contributed by atoms with Gasteiger partial charge in [-0.3, -0.25) is 14.9 Å². The number of hydrogen-bond acceptors (Lipinski definition) is 4. The minimum Gasteiger partial charge on any atom is -0.376 e. The van der Waals surface area contributed by atoms with Gasteiger partial charge in [-0.05, 0) is 37.0 Å². The van der Waals surface area contributed by atoms with Gasteiger partial charge in [0.1, 0.15) is 0 Å². The van der Waals surface area contributed by atoms with Crippen LogP contribution in [0.4, 0.5) is 17.1 Å². The van der Waals surface area contributed by atoms with Crippen LogP contribution >= 0.6 is 0 Å². The quantitative estimate of drug-likeness (QED) is 0.447. The van der Waals surface area contributed by atoms with Crippen LogP contribution in [0.2, 0.25) is 0 Å². The molecule has 0 unspecified atom stereocenters. The first kappa shape index (κ1) is 18.4. The second-order valence-electron chi connectivity index (χ2n) is 6.09. The minimum atomic E-state index is -0.403. The molecule has 0 saturated carbocycles. The number of anilines is 2. The van der Waals surface area contributed by atoms with Crippen molar-refractivity contribution >= 4 is 23.0 Å². The average molecular weight is 341 g/mol. The van der Waals surface area contributed by atoms with Crippen molar-refractivity contribution in [3.05, 3.63) is 64.2 Å². The fourth-order valence-electron chi connectivity index (χ4n) is 2.58. The van der Waals surface area contributed by atoms with Crippen LogP contribution in [-0.2, 0) is 11.2 Å². The van der Waals surface area contributed by atoms with Crippen molar-refractivity contribution in [2.24, 2.45) is 0 Å². The molecule has 6 heteroatoms. The van der Waals surface area contributed by atoms with Crippen LogP contribution in [0.1, 0.15) is 24.8 Å². The van der Waals surface area contributed by atoms with Crippen LogP contribution in [0.25, 0.3) is 0 Å². The third-order valence-corrected chi connectivity index (χ3v) is 3.93. The Morgan fingerprint density at radius 3 is 2.40 bits per heavy atom. The van der Waals surface area contributed by atoms with Crippen LogP contribution in [0, 0.1) is 10.1 Å². The maximum Gasteiger partial charge on any atom is 0.269 e. The zero-order valence-electron chi connectivity index (χ0n) is 14.6. The smallest absolute Gasteiger partial charge is 0.269 e. The highest BCUT2D eigenvalue weighted by Gasteiger charge is 2.08. The molecule has 0 heterocycles. The molecule has 132 valence electrons. The van der Waals surface area contributed by atoms with Crippen molar-refractivity contribution < 1.29 is 9.72 Å². The van der Waals surface area contributed by atoms with E-state index in [1.807, 2.05) is 43.3 Å². The average Bonchev–Trinajstić information content (AvgIpc) is 2.59. The van der Waals surface area contributed by atoms with Crippen LogP contribution in [0.5, 0.6) is 0 Å². The lowest BCUT2D eigenvalue weighted by Crippen LogP contribution is -2.16. The summed E-state index contributed by atoms with van der Waals surface area (Å²) in [6.07, 6.45) is 2.89. The number of hydrogen-bond donors (Lipinski definition) is 1. The number of nitro benzene ring substituents is 1. The summed E-state index contributed by atoms with van der Waals surface area (Å²) in [5.74, 6) is -0.00185. The summed E-state index contributed by atoms with van der Waals surface area (Å²) < 4.78 is 0. The predicted molar refractivity (Wildman–Crippen MR) is 100 cm³/mol.